The number of nitrogens with zero attached hydrogens (tertiary/aromatic N) is 2. The van der Waals surface area contributed by atoms with Crippen molar-refractivity contribution in [1.29, 1.82) is 0 Å². The Bertz CT molecular complexity index is 212. The topological polar surface area (TPSA) is 32.5 Å². The predicted molar refractivity (Wildman–Crippen MR) is 75.3 cm³/mol. The average molecular weight is 241 g/mol. The van der Waals surface area contributed by atoms with Crippen LogP contribution in [0, 0.1) is 0 Å². The Balaban J connectivity index is 2.80. The Kier molecular flexibility index (Phi) is 5.90. The van der Waals surface area contributed by atoms with Crippen LogP contribution >= 0.6 is 0 Å². The van der Waals surface area contributed by atoms with Crippen LogP contribution in [0.4, 0.5) is 0 Å². The molecule has 0 amide bonds. The Hall–Kier alpha value is -0.120. The summed E-state index contributed by atoms with van der Waals surface area (Å²) in [7, 11) is 2.22. The van der Waals surface area contributed by atoms with Crippen molar-refractivity contribution in [1.82, 2.24) is 9.80 Å². The van der Waals surface area contributed by atoms with Crippen LogP contribution in [-0.2, 0) is 0 Å². The molecule has 1 atom stereocenters. The first-order valence-corrected chi connectivity index (χ1v) is 7.25. The number of likely N-dealkylation sites (N-methyl/N-ethyl adjacent to an activating group) is 1. The van der Waals surface area contributed by atoms with Gasteiger partial charge in [-0.25, -0.2) is 0 Å². The van der Waals surface area contributed by atoms with E-state index in [2.05, 4.69) is 37.6 Å². The largest absolute Gasteiger partial charge is 0.329 e. The van der Waals surface area contributed by atoms with Gasteiger partial charge in [0, 0.05) is 37.8 Å². The van der Waals surface area contributed by atoms with Crippen molar-refractivity contribution in [2.45, 2.75) is 58.0 Å². The lowest BCUT2D eigenvalue weighted by Crippen LogP contribution is -2.63. The SMILES string of the molecule is CCCC(CN)(CCC)N1CCN(C)CC1C. The maximum Gasteiger partial charge on any atom is 0.0335 e. The molecule has 1 aliphatic heterocycles. The van der Waals surface area contributed by atoms with Crippen LogP contribution in [0.15, 0.2) is 0 Å². The fraction of sp³-hybridized carbons (Fsp3) is 1.00. The van der Waals surface area contributed by atoms with Crippen molar-refractivity contribution in [3.63, 3.8) is 0 Å². The first-order valence-electron chi connectivity index (χ1n) is 7.25. The maximum absolute atomic E-state index is 6.15. The van der Waals surface area contributed by atoms with Gasteiger partial charge in [-0.3, -0.25) is 4.90 Å². The normalized spacial score (nSPS) is 24.2. The van der Waals surface area contributed by atoms with Crippen molar-refractivity contribution in [3.05, 3.63) is 0 Å². The number of nitrogens with two attached hydrogens (primary N) is 1. The van der Waals surface area contributed by atoms with Gasteiger partial charge >= 0.3 is 0 Å². The molecule has 0 bridgehead atoms. The molecule has 1 saturated heterocycles. The molecule has 2 N–H and O–H groups in total. The van der Waals surface area contributed by atoms with Crippen molar-refractivity contribution in [2.75, 3.05) is 33.2 Å². The zero-order valence-electron chi connectivity index (χ0n) is 12.2. The lowest BCUT2D eigenvalue weighted by Gasteiger charge is -2.50. The standard InChI is InChI=1S/C14H31N3/c1-5-7-14(12-15,8-6-2)17-10-9-16(4)11-13(17)3/h13H,5-12,15H2,1-4H3. The Morgan fingerprint density at radius 3 is 2.18 bits per heavy atom. The molecular formula is C14H31N3. The van der Waals surface area contributed by atoms with Crippen LogP contribution in [0.2, 0.25) is 0 Å². The summed E-state index contributed by atoms with van der Waals surface area (Å²) in [4.78, 5) is 5.13. The third-order valence-electron chi connectivity index (χ3n) is 4.25. The van der Waals surface area contributed by atoms with Gasteiger partial charge in [0.15, 0.2) is 0 Å². The molecule has 1 aliphatic rings. The van der Waals surface area contributed by atoms with E-state index in [1.807, 2.05) is 0 Å². The molecule has 0 aliphatic carbocycles. The van der Waals surface area contributed by atoms with Gasteiger partial charge in [0.25, 0.3) is 0 Å². The summed E-state index contributed by atoms with van der Waals surface area (Å²) in [6.07, 6.45) is 4.95. The fourth-order valence-electron chi connectivity index (χ4n) is 3.51. The summed E-state index contributed by atoms with van der Waals surface area (Å²) in [5.74, 6) is 0. The third-order valence-corrected chi connectivity index (χ3v) is 4.25. The molecule has 0 saturated carbocycles. The van der Waals surface area contributed by atoms with E-state index in [0.29, 0.717) is 6.04 Å². The molecule has 1 heterocycles. The van der Waals surface area contributed by atoms with E-state index in [1.165, 1.54) is 45.3 Å². The Morgan fingerprint density at radius 1 is 1.18 bits per heavy atom. The molecule has 1 rings (SSSR count). The average Bonchev–Trinajstić information content (AvgIpc) is 2.28. The minimum Gasteiger partial charge on any atom is -0.329 e. The number of hydrogen-bond donors (Lipinski definition) is 1. The molecule has 0 radical (unpaired) electrons. The van der Waals surface area contributed by atoms with E-state index in [4.69, 9.17) is 5.73 Å². The number of piperazine rings is 1. The van der Waals surface area contributed by atoms with Gasteiger partial charge in [-0.15, -0.1) is 0 Å². The first-order chi connectivity index (χ1) is 8.09. The molecule has 3 heteroatoms. The molecule has 0 aromatic rings. The smallest absolute Gasteiger partial charge is 0.0335 e. The highest BCUT2D eigenvalue weighted by Crippen LogP contribution is 2.30. The monoisotopic (exact) mass is 241 g/mol. The Morgan fingerprint density at radius 2 is 1.76 bits per heavy atom. The number of rotatable bonds is 6. The summed E-state index contributed by atoms with van der Waals surface area (Å²) >= 11 is 0. The lowest BCUT2D eigenvalue weighted by molar-refractivity contribution is -0.00764. The zero-order valence-corrected chi connectivity index (χ0v) is 12.2. The maximum atomic E-state index is 6.15. The van der Waals surface area contributed by atoms with Crippen molar-refractivity contribution < 1.29 is 0 Å². The second kappa shape index (κ2) is 6.72. The van der Waals surface area contributed by atoms with Crippen LogP contribution in [0.3, 0.4) is 0 Å². The molecule has 0 aromatic heterocycles. The van der Waals surface area contributed by atoms with E-state index in [0.717, 1.165) is 6.54 Å². The van der Waals surface area contributed by atoms with Gasteiger partial charge in [0.2, 0.25) is 0 Å². The summed E-state index contributed by atoms with van der Waals surface area (Å²) in [5, 5.41) is 0. The predicted octanol–water partition coefficient (Wildman–Crippen LogP) is 1.92. The molecule has 0 aromatic carbocycles. The van der Waals surface area contributed by atoms with Gasteiger partial charge in [-0.05, 0) is 26.8 Å². The highest BCUT2D eigenvalue weighted by Gasteiger charge is 2.38. The van der Waals surface area contributed by atoms with Gasteiger partial charge in [-0.2, -0.15) is 0 Å². The van der Waals surface area contributed by atoms with E-state index >= 15 is 0 Å². The molecule has 102 valence electrons. The van der Waals surface area contributed by atoms with E-state index in [-0.39, 0.29) is 5.54 Å². The zero-order chi connectivity index (χ0) is 12.9. The van der Waals surface area contributed by atoms with Crippen LogP contribution in [0.1, 0.15) is 46.5 Å². The Labute approximate surface area is 107 Å². The fourth-order valence-corrected chi connectivity index (χ4v) is 3.51. The van der Waals surface area contributed by atoms with Crippen LogP contribution < -0.4 is 5.73 Å². The van der Waals surface area contributed by atoms with Crippen molar-refractivity contribution in [3.8, 4) is 0 Å². The third kappa shape index (κ3) is 3.43. The summed E-state index contributed by atoms with van der Waals surface area (Å²) in [5.41, 5.74) is 6.41. The second-order valence-electron chi connectivity index (χ2n) is 5.73. The second-order valence-corrected chi connectivity index (χ2v) is 5.73. The van der Waals surface area contributed by atoms with E-state index in [1.54, 1.807) is 0 Å². The molecule has 3 nitrogen and oxygen atoms in total. The van der Waals surface area contributed by atoms with Gasteiger partial charge in [0.05, 0.1) is 0 Å². The van der Waals surface area contributed by atoms with Crippen LogP contribution in [-0.4, -0.2) is 54.6 Å². The summed E-state index contributed by atoms with van der Waals surface area (Å²) in [6, 6.07) is 0.635. The number of hydrogen-bond acceptors (Lipinski definition) is 3. The minimum atomic E-state index is 0.254. The lowest BCUT2D eigenvalue weighted by atomic mass is 9.85. The van der Waals surface area contributed by atoms with Crippen LogP contribution in [0.5, 0.6) is 0 Å². The molecule has 1 unspecified atom stereocenters. The van der Waals surface area contributed by atoms with E-state index < -0.39 is 0 Å². The highest BCUT2D eigenvalue weighted by atomic mass is 15.3. The molecule has 17 heavy (non-hydrogen) atoms. The summed E-state index contributed by atoms with van der Waals surface area (Å²) in [6.45, 7) is 11.2. The van der Waals surface area contributed by atoms with E-state index in [9.17, 15) is 0 Å². The molecule has 0 spiro atoms. The van der Waals surface area contributed by atoms with Gasteiger partial charge < -0.3 is 10.6 Å². The summed E-state index contributed by atoms with van der Waals surface area (Å²) < 4.78 is 0. The van der Waals surface area contributed by atoms with Crippen molar-refractivity contribution >= 4 is 0 Å². The quantitative estimate of drug-likeness (QED) is 0.771. The van der Waals surface area contributed by atoms with Gasteiger partial charge in [-0.1, -0.05) is 26.7 Å². The minimum absolute atomic E-state index is 0.254. The van der Waals surface area contributed by atoms with Crippen molar-refractivity contribution in [2.24, 2.45) is 5.73 Å². The first kappa shape index (κ1) is 14.9. The van der Waals surface area contributed by atoms with Gasteiger partial charge in [0.1, 0.15) is 0 Å². The molecule has 1 fully saturated rings. The van der Waals surface area contributed by atoms with Crippen LogP contribution in [0.25, 0.3) is 0 Å². The molecular weight excluding hydrogens is 210 g/mol. The highest BCUT2D eigenvalue weighted by molar-refractivity contribution is 4.96.